The van der Waals surface area contributed by atoms with Crippen LogP contribution in [0.5, 0.6) is 0 Å². The lowest BCUT2D eigenvalue weighted by Crippen LogP contribution is -2.22. The molecular weight excluding hydrogens is 208 g/mol. The van der Waals surface area contributed by atoms with E-state index in [9.17, 15) is 0 Å². The van der Waals surface area contributed by atoms with E-state index < -0.39 is 0 Å². The molecular formula is C12H19ClN2. The van der Waals surface area contributed by atoms with Crippen LogP contribution in [0.15, 0.2) is 18.2 Å². The number of hydrogen-bond donors (Lipinski definition) is 1. The van der Waals surface area contributed by atoms with Crippen LogP contribution in [0.1, 0.15) is 19.4 Å². The first-order valence-corrected chi connectivity index (χ1v) is 5.59. The summed E-state index contributed by atoms with van der Waals surface area (Å²) in [4.78, 5) is 2.26. The second kappa shape index (κ2) is 5.38. The number of nitrogen functional groups attached to an aromatic ring is 1. The minimum Gasteiger partial charge on any atom is -0.399 e. The van der Waals surface area contributed by atoms with Gasteiger partial charge in [-0.2, -0.15) is 0 Å². The summed E-state index contributed by atoms with van der Waals surface area (Å²) in [6, 6.07) is 5.63. The smallest absolute Gasteiger partial charge is 0.0452 e. The third-order valence-corrected chi connectivity index (χ3v) is 2.56. The zero-order valence-corrected chi connectivity index (χ0v) is 10.4. The zero-order valence-electron chi connectivity index (χ0n) is 9.63. The van der Waals surface area contributed by atoms with E-state index in [0.29, 0.717) is 5.92 Å². The maximum absolute atomic E-state index is 6.09. The molecule has 2 N–H and O–H groups in total. The summed E-state index contributed by atoms with van der Waals surface area (Å²) >= 11 is 6.09. The van der Waals surface area contributed by atoms with Gasteiger partial charge >= 0.3 is 0 Å². The van der Waals surface area contributed by atoms with Crippen molar-refractivity contribution in [1.29, 1.82) is 0 Å². The van der Waals surface area contributed by atoms with Crippen molar-refractivity contribution in [2.45, 2.75) is 20.4 Å². The van der Waals surface area contributed by atoms with Crippen LogP contribution in [0, 0.1) is 5.92 Å². The summed E-state index contributed by atoms with van der Waals surface area (Å²) in [5.41, 5.74) is 7.60. The summed E-state index contributed by atoms with van der Waals surface area (Å²) in [6.07, 6.45) is 0. The van der Waals surface area contributed by atoms with E-state index in [1.54, 1.807) is 0 Å². The average Bonchev–Trinajstić information content (AvgIpc) is 2.10. The molecule has 1 aromatic rings. The molecule has 0 saturated heterocycles. The van der Waals surface area contributed by atoms with Crippen LogP contribution in [0.25, 0.3) is 0 Å². The maximum Gasteiger partial charge on any atom is 0.0452 e. The highest BCUT2D eigenvalue weighted by Crippen LogP contribution is 2.20. The summed E-state index contributed by atoms with van der Waals surface area (Å²) in [6.45, 7) is 6.32. The van der Waals surface area contributed by atoms with Crippen molar-refractivity contribution in [3.8, 4) is 0 Å². The Hall–Kier alpha value is -0.730. The van der Waals surface area contributed by atoms with E-state index in [1.165, 1.54) is 0 Å². The van der Waals surface area contributed by atoms with Gasteiger partial charge in [0.25, 0.3) is 0 Å². The van der Waals surface area contributed by atoms with Crippen LogP contribution in [-0.4, -0.2) is 18.5 Å². The molecule has 0 saturated carbocycles. The summed E-state index contributed by atoms with van der Waals surface area (Å²) in [7, 11) is 2.10. The predicted octanol–water partition coefficient (Wildman–Crippen LogP) is 3.01. The lowest BCUT2D eigenvalue weighted by atomic mass is 10.1. The van der Waals surface area contributed by atoms with E-state index in [1.807, 2.05) is 18.2 Å². The third-order valence-electron chi connectivity index (χ3n) is 2.19. The Morgan fingerprint density at radius 2 is 2.07 bits per heavy atom. The lowest BCUT2D eigenvalue weighted by Gasteiger charge is -2.19. The average molecular weight is 227 g/mol. The lowest BCUT2D eigenvalue weighted by molar-refractivity contribution is 0.288. The molecule has 15 heavy (non-hydrogen) atoms. The van der Waals surface area contributed by atoms with Crippen LogP contribution in [0.4, 0.5) is 5.69 Å². The Morgan fingerprint density at radius 3 is 2.67 bits per heavy atom. The van der Waals surface area contributed by atoms with Gasteiger partial charge in [-0.15, -0.1) is 0 Å². The third kappa shape index (κ3) is 4.10. The molecule has 0 atom stereocenters. The fraction of sp³-hybridized carbons (Fsp3) is 0.500. The minimum atomic E-state index is 0.662. The van der Waals surface area contributed by atoms with Crippen molar-refractivity contribution in [2.75, 3.05) is 19.3 Å². The molecule has 1 rings (SSSR count). The first-order chi connectivity index (χ1) is 6.99. The molecule has 1 aromatic carbocycles. The molecule has 0 radical (unpaired) electrons. The van der Waals surface area contributed by atoms with Gasteiger partial charge in [0, 0.05) is 23.8 Å². The van der Waals surface area contributed by atoms with Gasteiger partial charge in [-0.05, 0) is 36.7 Å². The fourth-order valence-corrected chi connectivity index (χ4v) is 1.87. The Bertz CT molecular complexity index is 323. The molecule has 0 aliphatic carbocycles. The van der Waals surface area contributed by atoms with Gasteiger partial charge in [0.2, 0.25) is 0 Å². The van der Waals surface area contributed by atoms with E-state index >= 15 is 0 Å². The van der Waals surface area contributed by atoms with E-state index in [-0.39, 0.29) is 0 Å². The van der Waals surface area contributed by atoms with Gasteiger partial charge in [-0.3, -0.25) is 0 Å². The normalized spacial score (nSPS) is 11.3. The van der Waals surface area contributed by atoms with Gasteiger partial charge in [-0.25, -0.2) is 0 Å². The van der Waals surface area contributed by atoms with Crippen molar-refractivity contribution < 1.29 is 0 Å². The highest BCUT2D eigenvalue weighted by Gasteiger charge is 2.06. The number of anilines is 1. The second-order valence-electron chi connectivity index (χ2n) is 4.44. The van der Waals surface area contributed by atoms with E-state index in [2.05, 4.69) is 25.8 Å². The maximum atomic E-state index is 6.09. The van der Waals surface area contributed by atoms with Crippen LogP contribution in [0.2, 0.25) is 5.02 Å². The molecule has 0 aliphatic rings. The number of nitrogens with two attached hydrogens (primary N) is 1. The predicted molar refractivity (Wildman–Crippen MR) is 67.0 cm³/mol. The van der Waals surface area contributed by atoms with E-state index in [0.717, 1.165) is 29.4 Å². The topological polar surface area (TPSA) is 29.3 Å². The molecule has 0 amide bonds. The fourth-order valence-electron chi connectivity index (χ4n) is 1.69. The largest absolute Gasteiger partial charge is 0.399 e. The molecule has 0 aromatic heterocycles. The first-order valence-electron chi connectivity index (χ1n) is 5.21. The Morgan fingerprint density at radius 1 is 1.40 bits per heavy atom. The van der Waals surface area contributed by atoms with Crippen molar-refractivity contribution in [3.05, 3.63) is 28.8 Å². The SMILES string of the molecule is CC(C)CN(C)Cc1cc(N)ccc1Cl. The van der Waals surface area contributed by atoms with Crippen LogP contribution in [0.3, 0.4) is 0 Å². The summed E-state index contributed by atoms with van der Waals surface area (Å²) in [5, 5.41) is 0.791. The van der Waals surface area contributed by atoms with Crippen molar-refractivity contribution in [2.24, 2.45) is 5.92 Å². The molecule has 0 unspecified atom stereocenters. The van der Waals surface area contributed by atoms with Crippen molar-refractivity contribution in [1.82, 2.24) is 4.90 Å². The molecule has 0 spiro atoms. The Labute approximate surface area is 97.0 Å². The minimum absolute atomic E-state index is 0.662. The van der Waals surface area contributed by atoms with Crippen LogP contribution in [-0.2, 0) is 6.54 Å². The van der Waals surface area contributed by atoms with Crippen molar-refractivity contribution in [3.63, 3.8) is 0 Å². The summed E-state index contributed by atoms with van der Waals surface area (Å²) in [5.74, 6) is 0.662. The van der Waals surface area contributed by atoms with Gasteiger partial charge in [-0.1, -0.05) is 25.4 Å². The highest BCUT2D eigenvalue weighted by atomic mass is 35.5. The van der Waals surface area contributed by atoms with Gasteiger partial charge in [0.05, 0.1) is 0 Å². The molecule has 3 heteroatoms. The Kier molecular flexibility index (Phi) is 4.43. The molecule has 2 nitrogen and oxygen atoms in total. The van der Waals surface area contributed by atoms with Crippen LogP contribution >= 0.6 is 11.6 Å². The van der Waals surface area contributed by atoms with E-state index in [4.69, 9.17) is 17.3 Å². The number of hydrogen-bond acceptors (Lipinski definition) is 2. The first kappa shape index (κ1) is 12.3. The standard InChI is InChI=1S/C12H19ClN2/c1-9(2)7-15(3)8-10-6-11(14)4-5-12(10)13/h4-6,9H,7-8,14H2,1-3H3. The van der Waals surface area contributed by atoms with Gasteiger partial charge < -0.3 is 10.6 Å². The number of benzene rings is 1. The molecule has 0 heterocycles. The molecule has 0 fully saturated rings. The molecule has 0 bridgehead atoms. The van der Waals surface area contributed by atoms with Gasteiger partial charge in [0.15, 0.2) is 0 Å². The van der Waals surface area contributed by atoms with Crippen LogP contribution < -0.4 is 5.73 Å². The quantitative estimate of drug-likeness (QED) is 0.800. The van der Waals surface area contributed by atoms with Crippen molar-refractivity contribution >= 4 is 17.3 Å². The monoisotopic (exact) mass is 226 g/mol. The van der Waals surface area contributed by atoms with Gasteiger partial charge in [0.1, 0.15) is 0 Å². The number of nitrogens with zero attached hydrogens (tertiary/aromatic N) is 1. The molecule has 84 valence electrons. The highest BCUT2D eigenvalue weighted by molar-refractivity contribution is 6.31. The number of rotatable bonds is 4. The second-order valence-corrected chi connectivity index (χ2v) is 4.85. The summed E-state index contributed by atoms with van der Waals surface area (Å²) < 4.78 is 0. The zero-order chi connectivity index (χ0) is 11.4. The number of halogens is 1. The molecule has 0 aliphatic heterocycles. The Balaban J connectivity index is 2.67.